The Kier molecular flexibility index (Phi) is 4.62. The van der Waals surface area contributed by atoms with E-state index in [9.17, 15) is 4.79 Å². The van der Waals surface area contributed by atoms with Gasteiger partial charge in [-0.15, -0.1) is 0 Å². The SMILES string of the molecule is CC(C)C(N)C(=O)N1CCCC1CNCC1CC1. The molecule has 2 fully saturated rings. The van der Waals surface area contributed by atoms with Gasteiger partial charge in [0.1, 0.15) is 0 Å². The third-order valence-electron chi connectivity index (χ3n) is 4.17. The molecule has 1 saturated carbocycles. The number of amides is 1. The lowest BCUT2D eigenvalue weighted by Gasteiger charge is -2.29. The van der Waals surface area contributed by atoms with Gasteiger partial charge in [0.25, 0.3) is 0 Å². The minimum Gasteiger partial charge on any atom is -0.337 e. The molecule has 2 aliphatic rings. The second-order valence-electron chi connectivity index (χ2n) is 6.20. The van der Waals surface area contributed by atoms with E-state index < -0.39 is 0 Å². The third-order valence-corrected chi connectivity index (χ3v) is 4.17. The van der Waals surface area contributed by atoms with Crippen LogP contribution in [0.2, 0.25) is 0 Å². The van der Waals surface area contributed by atoms with Crippen molar-refractivity contribution >= 4 is 5.91 Å². The number of rotatable bonds is 6. The van der Waals surface area contributed by atoms with Gasteiger partial charge < -0.3 is 16.0 Å². The lowest BCUT2D eigenvalue weighted by molar-refractivity contribution is -0.134. The van der Waals surface area contributed by atoms with Crippen LogP contribution in [0, 0.1) is 11.8 Å². The predicted octanol–water partition coefficient (Wildman–Crippen LogP) is 0.960. The van der Waals surface area contributed by atoms with Crippen molar-refractivity contribution in [2.75, 3.05) is 19.6 Å². The number of nitrogens with zero attached hydrogens (tertiary/aromatic N) is 1. The highest BCUT2D eigenvalue weighted by Crippen LogP contribution is 2.27. The first-order valence-corrected chi connectivity index (χ1v) is 7.36. The normalized spacial score (nSPS) is 25.8. The predicted molar refractivity (Wildman–Crippen MR) is 73.1 cm³/mol. The molecule has 2 unspecified atom stereocenters. The Balaban J connectivity index is 1.79. The molecule has 1 aliphatic heterocycles. The van der Waals surface area contributed by atoms with Crippen molar-refractivity contribution in [1.82, 2.24) is 10.2 Å². The molecule has 0 aromatic rings. The van der Waals surface area contributed by atoms with E-state index in [1.165, 1.54) is 12.8 Å². The van der Waals surface area contributed by atoms with Gasteiger partial charge in [0.15, 0.2) is 0 Å². The third kappa shape index (κ3) is 3.45. The summed E-state index contributed by atoms with van der Waals surface area (Å²) < 4.78 is 0. The van der Waals surface area contributed by atoms with Crippen molar-refractivity contribution in [1.29, 1.82) is 0 Å². The summed E-state index contributed by atoms with van der Waals surface area (Å²) in [6.45, 7) is 6.97. The summed E-state index contributed by atoms with van der Waals surface area (Å²) in [5.74, 6) is 1.26. The van der Waals surface area contributed by atoms with Crippen molar-refractivity contribution in [2.45, 2.75) is 51.6 Å². The van der Waals surface area contributed by atoms with E-state index in [-0.39, 0.29) is 17.9 Å². The van der Waals surface area contributed by atoms with Crippen molar-refractivity contribution < 1.29 is 4.79 Å². The van der Waals surface area contributed by atoms with Crippen LogP contribution >= 0.6 is 0 Å². The topological polar surface area (TPSA) is 58.4 Å². The maximum atomic E-state index is 12.3. The van der Waals surface area contributed by atoms with Gasteiger partial charge in [-0.1, -0.05) is 13.8 Å². The van der Waals surface area contributed by atoms with E-state index in [1.54, 1.807) is 0 Å². The van der Waals surface area contributed by atoms with E-state index >= 15 is 0 Å². The maximum Gasteiger partial charge on any atom is 0.240 e. The Labute approximate surface area is 110 Å². The molecule has 0 aromatic carbocycles. The average Bonchev–Trinajstić information content (AvgIpc) is 3.04. The number of hydrogen-bond donors (Lipinski definition) is 2. The van der Waals surface area contributed by atoms with E-state index in [2.05, 4.69) is 5.32 Å². The Morgan fingerprint density at radius 3 is 2.67 bits per heavy atom. The van der Waals surface area contributed by atoms with Crippen LogP contribution in [0.25, 0.3) is 0 Å². The average molecular weight is 253 g/mol. The minimum absolute atomic E-state index is 0.140. The monoisotopic (exact) mass is 253 g/mol. The molecule has 0 radical (unpaired) electrons. The lowest BCUT2D eigenvalue weighted by Crippen LogP contribution is -2.50. The molecule has 104 valence electrons. The van der Waals surface area contributed by atoms with Gasteiger partial charge in [0, 0.05) is 19.1 Å². The number of likely N-dealkylation sites (tertiary alicyclic amines) is 1. The van der Waals surface area contributed by atoms with Crippen LogP contribution in [-0.4, -0.2) is 42.5 Å². The largest absolute Gasteiger partial charge is 0.337 e. The number of carbonyl (C=O) groups is 1. The summed E-state index contributed by atoms with van der Waals surface area (Å²) >= 11 is 0. The number of nitrogens with one attached hydrogen (secondary N) is 1. The summed E-state index contributed by atoms with van der Waals surface area (Å²) in [5, 5.41) is 3.51. The zero-order valence-electron chi connectivity index (χ0n) is 11.7. The first-order valence-electron chi connectivity index (χ1n) is 7.36. The van der Waals surface area contributed by atoms with Crippen LogP contribution in [-0.2, 0) is 4.79 Å². The van der Waals surface area contributed by atoms with E-state index in [1.807, 2.05) is 18.7 Å². The quantitative estimate of drug-likeness (QED) is 0.741. The van der Waals surface area contributed by atoms with Gasteiger partial charge in [-0.2, -0.15) is 0 Å². The molecule has 2 atom stereocenters. The maximum absolute atomic E-state index is 12.3. The molecule has 0 spiro atoms. The van der Waals surface area contributed by atoms with Gasteiger partial charge in [0.2, 0.25) is 5.91 Å². The molecule has 0 aromatic heterocycles. The Morgan fingerprint density at radius 1 is 1.33 bits per heavy atom. The molecule has 4 heteroatoms. The van der Waals surface area contributed by atoms with Crippen LogP contribution in [0.3, 0.4) is 0 Å². The van der Waals surface area contributed by atoms with E-state index in [0.29, 0.717) is 6.04 Å². The molecule has 4 nitrogen and oxygen atoms in total. The van der Waals surface area contributed by atoms with Crippen LogP contribution in [0.5, 0.6) is 0 Å². The van der Waals surface area contributed by atoms with Crippen LogP contribution < -0.4 is 11.1 Å². The molecule has 1 heterocycles. The summed E-state index contributed by atoms with van der Waals surface area (Å²) in [6.07, 6.45) is 4.98. The smallest absolute Gasteiger partial charge is 0.240 e. The van der Waals surface area contributed by atoms with E-state index in [4.69, 9.17) is 5.73 Å². The Morgan fingerprint density at radius 2 is 2.06 bits per heavy atom. The second-order valence-corrected chi connectivity index (χ2v) is 6.20. The molecule has 2 rings (SSSR count). The zero-order chi connectivity index (χ0) is 13.1. The fraction of sp³-hybridized carbons (Fsp3) is 0.929. The molecule has 3 N–H and O–H groups in total. The summed E-state index contributed by atoms with van der Waals surface area (Å²) in [5.41, 5.74) is 5.98. The van der Waals surface area contributed by atoms with Crippen molar-refractivity contribution in [3.8, 4) is 0 Å². The van der Waals surface area contributed by atoms with Gasteiger partial charge in [-0.25, -0.2) is 0 Å². The fourth-order valence-corrected chi connectivity index (χ4v) is 2.59. The number of hydrogen-bond acceptors (Lipinski definition) is 3. The van der Waals surface area contributed by atoms with Crippen LogP contribution in [0.1, 0.15) is 39.5 Å². The molecule has 1 aliphatic carbocycles. The molecule has 1 amide bonds. The van der Waals surface area contributed by atoms with Gasteiger partial charge in [-0.05, 0) is 44.1 Å². The first kappa shape index (κ1) is 13.8. The zero-order valence-corrected chi connectivity index (χ0v) is 11.7. The molecular weight excluding hydrogens is 226 g/mol. The number of carbonyl (C=O) groups excluding carboxylic acids is 1. The lowest BCUT2D eigenvalue weighted by atomic mass is 10.0. The Bertz CT molecular complexity index is 289. The molecular formula is C14H27N3O. The molecule has 18 heavy (non-hydrogen) atoms. The highest BCUT2D eigenvalue weighted by atomic mass is 16.2. The van der Waals surface area contributed by atoms with Gasteiger partial charge in [0.05, 0.1) is 6.04 Å². The number of nitrogens with two attached hydrogens (primary N) is 1. The Hall–Kier alpha value is -0.610. The summed E-state index contributed by atoms with van der Waals surface area (Å²) in [6, 6.07) is 0.0232. The van der Waals surface area contributed by atoms with Crippen molar-refractivity contribution in [3.63, 3.8) is 0 Å². The second kappa shape index (κ2) is 6.02. The molecule has 1 saturated heterocycles. The first-order chi connectivity index (χ1) is 8.59. The highest BCUT2D eigenvalue weighted by molar-refractivity contribution is 5.82. The van der Waals surface area contributed by atoms with Gasteiger partial charge >= 0.3 is 0 Å². The highest BCUT2D eigenvalue weighted by Gasteiger charge is 2.32. The molecule has 0 bridgehead atoms. The van der Waals surface area contributed by atoms with E-state index in [0.717, 1.165) is 38.4 Å². The minimum atomic E-state index is -0.339. The van der Waals surface area contributed by atoms with Crippen LogP contribution in [0.15, 0.2) is 0 Å². The van der Waals surface area contributed by atoms with Crippen molar-refractivity contribution in [2.24, 2.45) is 17.6 Å². The van der Waals surface area contributed by atoms with Crippen LogP contribution in [0.4, 0.5) is 0 Å². The van der Waals surface area contributed by atoms with Gasteiger partial charge in [-0.3, -0.25) is 4.79 Å². The summed E-state index contributed by atoms with van der Waals surface area (Å²) in [4.78, 5) is 14.3. The summed E-state index contributed by atoms with van der Waals surface area (Å²) in [7, 11) is 0. The van der Waals surface area contributed by atoms with Crippen molar-refractivity contribution in [3.05, 3.63) is 0 Å². The standard InChI is InChI=1S/C14H27N3O/c1-10(2)13(15)14(18)17-7-3-4-12(17)9-16-8-11-5-6-11/h10-13,16H,3-9,15H2,1-2H3. The fourth-order valence-electron chi connectivity index (χ4n) is 2.59.